The number of nitriles is 2. The van der Waals surface area contributed by atoms with Gasteiger partial charge in [0.25, 0.3) is 0 Å². The van der Waals surface area contributed by atoms with Crippen molar-refractivity contribution in [1.29, 1.82) is 10.5 Å². The molecule has 11 heteroatoms. The summed E-state index contributed by atoms with van der Waals surface area (Å²) >= 11 is 8.95. The highest BCUT2D eigenvalue weighted by Crippen LogP contribution is 2.39. The summed E-state index contributed by atoms with van der Waals surface area (Å²) < 4.78 is 5.02. The number of aromatic nitrogens is 2. The monoisotopic (exact) mass is 566 g/mol. The number of nitrogens with zero attached hydrogens (tertiary/aromatic N) is 5. The van der Waals surface area contributed by atoms with Crippen molar-refractivity contribution in [2.75, 3.05) is 32.0 Å². The maximum absolute atomic E-state index is 11.0. The second-order valence-electron chi connectivity index (χ2n) is 8.94. The highest BCUT2D eigenvalue weighted by molar-refractivity contribution is 7.98. The lowest BCUT2D eigenvalue weighted by atomic mass is 9.84. The molecule has 4 rings (SSSR count). The molecule has 2 aromatic heterocycles. The molecular weight excluding hydrogens is 540 g/mol. The number of carbonyl (C=O) groups is 1. The predicted molar refractivity (Wildman–Crippen MR) is 150 cm³/mol. The van der Waals surface area contributed by atoms with E-state index in [-0.39, 0.29) is 17.7 Å². The lowest BCUT2D eigenvalue weighted by Gasteiger charge is -2.33. The minimum Gasteiger partial charge on any atom is -0.466 e. The van der Waals surface area contributed by atoms with Crippen LogP contribution in [0.2, 0.25) is 5.02 Å². The third-order valence-electron chi connectivity index (χ3n) is 6.37. The number of likely N-dealkylation sites (tertiary alicyclic amines) is 1. The Labute approximate surface area is 235 Å². The normalized spacial score (nSPS) is 14.1. The number of pyridine rings is 1. The van der Waals surface area contributed by atoms with E-state index in [1.165, 1.54) is 18.7 Å². The number of rotatable bonds is 9. The zero-order valence-electron chi connectivity index (χ0n) is 20.9. The van der Waals surface area contributed by atoms with Gasteiger partial charge in [0.05, 0.1) is 23.4 Å². The van der Waals surface area contributed by atoms with Gasteiger partial charge in [-0.25, -0.2) is 9.97 Å². The van der Waals surface area contributed by atoms with E-state index in [1.807, 2.05) is 29.6 Å². The van der Waals surface area contributed by atoms with Gasteiger partial charge in [0.15, 0.2) is 0 Å². The summed E-state index contributed by atoms with van der Waals surface area (Å²) in [6.07, 6.45) is 2.39. The van der Waals surface area contributed by atoms with Gasteiger partial charge in [-0.2, -0.15) is 10.5 Å². The number of hydrogen-bond donors (Lipinski definition) is 1. The number of hydrogen-bond acceptors (Lipinski definition) is 10. The topological polar surface area (TPSA) is 129 Å². The van der Waals surface area contributed by atoms with Gasteiger partial charge < -0.3 is 15.4 Å². The van der Waals surface area contributed by atoms with Gasteiger partial charge in [0.2, 0.25) is 0 Å². The number of benzene rings is 1. The Bertz CT molecular complexity index is 1370. The number of thioether (sulfide) groups is 1. The fourth-order valence-electron chi connectivity index (χ4n) is 4.53. The van der Waals surface area contributed by atoms with Gasteiger partial charge in [-0.1, -0.05) is 35.5 Å². The fraction of sp³-hybridized carbons (Fsp3) is 0.370. The first kappa shape index (κ1) is 27.9. The lowest BCUT2D eigenvalue weighted by molar-refractivity contribution is -0.141. The van der Waals surface area contributed by atoms with Crippen LogP contribution in [0, 0.1) is 22.7 Å². The van der Waals surface area contributed by atoms with Crippen LogP contribution >= 0.6 is 34.7 Å². The number of carbonyl (C=O) groups excluding carboxylic acids is 1. The van der Waals surface area contributed by atoms with E-state index in [9.17, 15) is 15.3 Å². The SMILES string of the molecule is CC(=O)OCCCN1CCC(c2c(C#N)c(N)nc(SCc3csc(-c4ccc(Cl)cc4)n3)c2C#N)CC1. The highest BCUT2D eigenvalue weighted by Gasteiger charge is 2.29. The number of nitrogen functional groups attached to an aromatic ring is 1. The van der Waals surface area contributed by atoms with Crippen LogP contribution < -0.4 is 5.73 Å². The number of halogens is 1. The molecule has 1 aromatic carbocycles. The molecule has 8 nitrogen and oxygen atoms in total. The van der Waals surface area contributed by atoms with Gasteiger partial charge in [0, 0.05) is 35.2 Å². The molecular formula is C27H27ClN6O2S2. The number of nitrogens with two attached hydrogens (primary N) is 1. The Kier molecular flexibility index (Phi) is 9.59. The Hall–Kier alpha value is -3.15. The summed E-state index contributed by atoms with van der Waals surface area (Å²) in [5.41, 5.74) is 9.54. The number of piperidine rings is 1. The second-order valence-corrected chi connectivity index (χ2v) is 11.2. The largest absolute Gasteiger partial charge is 0.466 e. The maximum Gasteiger partial charge on any atom is 0.302 e. The van der Waals surface area contributed by atoms with Crippen molar-refractivity contribution in [3.8, 4) is 22.7 Å². The molecule has 1 saturated heterocycles. The van der Waals surface area contributed by atoms with Crippen molar-refractivity contribution < 1.29 is 9.53 Å². The van der Waals surface area contributed by atoms with E-state index in [0.717, 1.165) is 55.2 Å². The minimum atomic E-state index is -0.266. The van der Waals surface area contributed by atoms with Crippen LogP contribution in [-0.4, -0.2) is 47.1 Å². The fourth-order valence-corrected chi connectivity index (χ4v) is 6.48. The Balaban J connectivity index is 1.47. The van der Waals surface area contributed by atoms with Crippen molar-refractivity contribution in [1.82, 2.24) is 14.9 Å². The van der Waals surface area contributed by atoms with Crippen molar-refractivity contribution in [3.05, 3.63) is 57.1 Å². The Morgan fingerprint density at radius 3 is 2.58 bits per heavy atom. The van der Waals surface area contributed by atoms with Gasteiger partial charge in [-0.15, -0.1) is 11.3 Å². The Morgan fingerprint density at radius 2 is 1.92 bits per heavy atom. The zero-order valence-corrected chi connectivity index (χ0v) is 23.3. The van der Waals surface area contributed by atoms with E-state index >= 15 is 0 Å². The molecule has 0 amide bonds. The smallest absolute Gasteiger partial charge is 0.302 e. The van der Waals surface area contributed by atoms with Gasteiger partial charge in [-0.3, -0.25) is 4.79 Å². The van der Waals surface area contributed by atoms with Crippen LogP contribution in [0.4, 0.5) is 5.82 Å². The molecule has 0 radical (unpaired) electrons. The summed E-state index contributed by atoms with van der Waals surface area (Å²) in [7, 11) is 0. The maximum atomic E-state index is 11.0. The van der Waals surface area contributed by atoms with Gasteiger partial charge in [-0.05, 0) is 56.0 Å². The molecule has 1 fully saturated rings. The van der Waals surface area contributed by atoms with Crippen molar-refractivity contribution >= 4 is 46.5 Å². The van der Waals surface area contributed by atoms with Crippen LogP contribution in [0.25, 0.3) is 10.6 Å². The van der Waals surface area contributed by atoms with Crippen molar-refractivity contribution in [2.45, 2.75) is 42.9 Å². The summed E-state index contributed by atoms with van der Waals surface area (Å²) in [6.45, 7) is 4.32. The van der Waals surface area contributed by atoms with Crippen LogP contribution in [0.15, 0.2) is 34.7 Å². The molecule has 0 saturated carbocycles. The first-order chi connectivity index (χ1) is 18.4. The molecule has 0 bridgehead atoms. The lowest BCUT2D eigenvalue weighted by Crippen LogP contribution is -2.34. The molecule has 1 aliphatic rings. The van der Waals surface area contributed by atoms with E-state index in [4.69, 9.17) is 27.1 Å². The Morgan fingerprint density at radius 1 is 1.21 bits per heavy atom. The number of thiazole rings is 1. The standard InChI is InChI=1S/C27H27ClN6O2S2/c1-17(35)36-12-2-9-34-10-7-18(8-11-34)24-22(13-29)25(31)33-27(23(24)14-30)38-16-21-15-37-26(32-21)19-3-5-20(28)6-4-19/h3-6,15,18H,2,7-12,16H2,1H3,(H2,31,33). The first-order valence-corrected chi connectivity index (χ1v) is 14.5. The van der Waals surface area contributed by atoms with E-state index in [0.29, 0.717) is 39.1 Å². The molecule has 1 aliphatic heterocycles. The third-order valence-corrected chi connectivity index (χ3v) is 8.57. The highest BCUT2D eigenvalue weighted by atomic mass is 35.5. The predicted octanol–water partition coefficient (Wildman–Crippen LogP) is 5.61. The quantitative estimate of drug-likeness (QED) is 0.199. The second kappa shape index (κ2) is 13.1. The average Bonchev–Trinajstić information content (AvgIpc) is 3.39. The van der Waals surface area contributed by atoms with Gasteiger partial charge in [0.1, 0.15) is 28.0 Å². The third kappa shape index (κ3) is 6.83. The summed E-state index contributed by atoms with van der Waals surface area (Å²) in [5, 5.41) is 24.1. The summed E-state index contributed by atoms with van der Waals surface area (Å²) in [5.74, 6) is 0.465. The number of ether oxygens (including phenoxy) is 1. The minimum absolute atomic E-state index is 0.0458. The van der Waals surface area contributed by atoms with Crippen LogP contribution in [-0.2, 0) is 15.3 Å². The van der Waals surface area contributed by atoms with Crippen LogP contribution in [0.3, 0.4) is 0 Å². The molecule has 3 aromatic rings. The summed E-state index contributed by atoms with van der Waals surface area (Å²) in [6, 6.07) is 12.1. The molecule has 0 atom stereocenters. The van der Waals surface area contributed by atoms with E-state index in [2.05, 4.69) is 22.0 Å². The molecule has 0 unspecified atom stereocenters. The zero-order chi connectivity index (χ0) is 27.1. The molecule has 196 valence electrons. The van der Waals surface area contributed by atoms with Crippen molar-refractivity contribution in [3.63, 3.8) is 0 Å². The molecule has 0 spiro atoms. The first-order valence-electron chi connectivity index (χ1n) is 12.2. The van der Waals surface area contributed by atoms with E-state index < -0.39 is 0 Å². The van der Waals surface area contributed by atoms with Crippen LogP contribution in [0.5, 0.6) is 0 Å². The van der Waals surface area contributed by atoms with Gasteiger partial charge >= 0.3 is 5.97 Å². The molecule has 2 N–H and O–H groups in total. The molecule has 38 heavy (non-hydrogen) atoms. The number of esters is 1. The molecule has 3 heterocycles. The van der Waals surface area contributed by atoms with Crippen molar-refractivity contribution in [2.24, 2.45) is 0 Å². The molecule has 0 aliphatic carbocycles. The summed E-state index contributed by atoms with van der Waals surface area (Å²) in [4.78, 5) is 22.4. The average molecular weight is 567 g/mol. The van der Waals surface area contributed by atoms with E-state index in [1.54, 1.807) is 11.3 Å². The number of anilines is 1. The van der Waals surface area contributed by atoms with Crippen LogP contribution in [0.1, 0.15) is 54.5 Å².